The predicted octanol–water partition coefficient (Wildman–Crippen LogP) is 2.74. The summed E-state index contributed by atoms with van der Waals surface area (Å²) in [6.45, 7) is 5.74. The van der Waals surface area contributed by atoms with Crippen molar-refractivity contribution in [1.82, 2.24) is 0 Å². The Labute approximate surface area is 95.8 Å². The number of anilines is 1. The third-order valence-electron chi connectivity index (χ3n) is 2.78. The van der Waals surface area contributed by atoms with Gasteiger partial charge in [0.1, 0.15) is 0 Å². The summed E-state index contributed by atoms with van der Waals surface area (Å²) in [7, 11) is 0. The highest BCUT2D eigenvalue weighted by Crippen LogP contribution is 2.26. The number of ether oxygens (including phenoxy) is 1. The van der Waals surface area contributed by atoms with Crippen LogP contribution in [0, 0.1) is 0 Å². The summed E-state index contributed by atoms with van der Waals surface area (Å²) in [5.74, 6) is 0. The Morgan fingerprint density at radius 2 is 2.07 bits per heavy atom. The maximum Gasteiger partial charge on any atom is 0.0642 e. The molecule has 0 aliphatic carbocycles. The molecule has 82 valence electrons. The molecule has 2 rings (SSSR count). The van der Waals surface area contributed by atoms with Crippen molar-refractivity contribution in [1.29, 1.82) is 0 Å². The Balaban J connectivity index is 2.27. The van der Waals surface area contributed by atoms with E-state index >= 15 is 0 Å². The Morgan fingerprint density at radius 3 is 2.73 bits per heavy atom. The quantitative estimate of drug-likeness (QED) is 0.768. The predicted molar refractivity (Wildman–Crippen MR) is 63.9 cm³/mol. The normalized spacial score (nSPS) is 16.8. The van der Waals surface area contributed by atoms with Gasteiger partial charge in [0.05, 0.1) is 13.2 Å². The second-order valence-corrected chi connectivity index (χ2v) is 4.16. The molecular weight excluding hydrogens is 210 g/mol. The van der Waals surface area contributed by atoms with E-state index in [0.717, 1.165) is 37.7 Å². The molecule has 0 bridgehead atoms. The summed E-state index contributed by atoms with van der Waals surface area (Å²) >= 11 is 6.04. The number of morpholine rings is 1. The van der Waals surface area contributed by atoms with Gasteiger partial charge >= 0.3 is 0 Å². The molecule has 0 atom stereocenters. The van der Waals surface area contributed by atoms with E-state index in [0.29, 0.717) is 0 Å². The topological polar surface area (TPSA) is 12.5 Å². The Hall–Kier alpha value is -0.730. The average Bonchev–Trinajstić information content (AvgIpc) is 2.30. The minimum absolute atomic E-state index is 0.814. The Kier molecular flexibility index (Phi) is 3.49. The summed E-state index contributed by atoms with van der Waals surface area (Å²) in [4.78, 5) is 2.36. The van der Waals surface area contributed by atoms with Gasteiger partial charge in [0, 0.05) is 23.8 Å². The summed E-state index contributed by atoms with van der Waals surface area (Å²) in [6, 6.07) is 6.14. The van der Waals surface area contributed by atoms with Crippen molar-refractivity contribution in [2.75, 3.05) is 31.2 Å². The standard InChI is InChI=1S/C12H16ClNO/c1-2-10-3-4-11(13)9-12(10)14-5-7-15-8-6-14/h3-4,9H,2,5-8H2,1H3. The van der Waals surface area contributed by atoms with Crippen LogP contribution in [0.25, 0.3) is 0 Å². The third kappa shape index (κ3) is 2.44. The highest BCUT2D eigenvalue weighted by Gasteiger charge is 2.14. The first kappa shape index (κ1) is 10.8. The zero-order chi connectivity index (χ0) is 10.7. The van der Waals surface area contributed by atoms with Crippen LogP contribution < -0.4 is 4.90 Å². The molecule has 0 N–H and O–H groups in total. The maximum atomic E-state index is 6.04. The van der Waals surface area contributed by atoms with Crippen molar-refractivity contribution in [2.24, 2.45) is 0 Å². The summed E-state index contributed by atoms with van der Waals surface area (Å²) in [5, 5.41) is 0.814. The molecule has 15 heavy (non-hydrogen) atoms. The number of hydrogen-bond donors (Lipinski definition) is 0. The van der Waals surface area contributed by atoms with E-state index in [-0.39, 0.29) is 0 Å². The number of halogens is 1. The number of hydrogen-bond acceptors (Lipinski definition) is 2. The van der Waals surface area contributed by atoms with Crippen LogP contribution in [0.2, 0.25) is 5.02 Å². The first-order valence-corrected chi connectivity index (χ1v) is 5.80. The molecule has 0 spiro atoms. The SMILES string of the molecule is CCc1ccc(Cl)cc1N1CCOCC1. The second-order valence-electron chi connectivity index (χ2n) is 3.73. The molecule has 1 heterocycles. The molecule has 3 heteroatoms. The molecule has 0 saturated carbocycles. The van der Waals surface area contributed by atoms with Crippen LogP contribution in [0.3, 0.4) is 0 Å². The maximum absolute atomic E-state index is 6.04. The molecular formula is C12H16ClNO. The molecule has 1 aliphatic rings. The number of aryl methyl sites for hydroxylation is 1. The van der Waals surface area contributed by atoms with Crippen molar-refractivity contribution in [3.8, 4) is 0 Å². The zero-order valence-electron chi connectivity index (χ0n) is 9.00. The van der Waals surface area contributed by atoms with Crippen molar-refractivity contribution in [2.45, 2.75) is 13.3 Å². The highest BCUT2D eigenvalue weighted by molar-refractivity contribution is 6.30. The first-order chi connectivity index (χ1) is 7.31. The van der Waals surface area contributed by atoms with Gasteiger partial charge in [0.15, 0.2) is 0 Å². The Bertz CT molecular complexity index is 334. The monoisotopic (exact) mass is 225 g/mol. The summed E-state index contributed by atoms with van der Waals surface area (Å²) < 4.78 is 5.35. The molecule has 1 aromatic carbocycles. The van der Waals surface area contributed by atoms with Gasteiger partial charge in [-0.05, 0) is 24.1 Å². The molecule has 0 radical (unpaired) electrons. The van der Waals surface area contributed by atoms with E-state index in [4.69, 9.17) is 16.3 Å². The Morgan fingerprint density at radius 1 is 1.33 bits per heavy atom. The molecule has 1 fully saturated rings. The molecule has 0 amide bonds. The van der Waals surface area contributed by atoms with E-state index < -0.39 is 0 Å². The molecule has 0 aromatic heterocycles. The van der Waals surface area contributed by atoms with Gasteiger partial charge in [0.2, 0.25) is 0 Å². The number of benzene rings is 1. The van der Waals surface area contributed by atoms with Crippen LogP contribution in [0.5, 0.6) is 0 Å². The van der Waals surface area contributed by atoms with E-state index in [2.05, 4.69) is 24.0 Å². The van der Waals surface area contributed by atoms with Gasteiger partial charge in [0.25, 0.3) is 0 Å². The summed E-state index contributed by atoms with van der Waals surface area (Å²) in [5.41, 5.74) is 2.63. The molecule has 1 saturated heterocycles. The molecule has 2 nitrogen and oxygen atoms in total. The van der Waals surface area contributed by atoms with Crippen molar-refractivity contribution >= 4 is 17.3 Å². The van der Waals surface area contributed by atoms with Crippen molar-refractivity contribution in [3.63, 3.8) is 0 Å². The lowest BCUT2D eigenvalue weighted by atomic mass is 10.1. The van der Waals surface area contributed by atoms with Gasteiger partial charge in [-0.25, -0.2) is 0 Å². The lowest BCUT2D eigenvalue weighted by molar-refractivity contribution is 0.122. The van der Waals surface area contributed by atoms with Crippen molar-refractivity contribution < 1.29 is 4.74 Å². The molecule has 0 unspecified atom stereocenters. The average molecular weight is 226 g/mol. The minimum atomic E-state index is 0.814. The fraction of sp³-hybridized carbons (Fsp3) is 0.500. The fourth-order valence-electron chi connectivity index (χ4n) is 1.93. The second kappa shape index (κ2) is 4.86. The van der Waals surface area contributed by atoms with E-state index in [9.17, 15) is 0 Å². The van der Waals surface area contributed by atoms with Gasteiger partial charge in [-0.2, -0.15) is 0 Å². The first-order valence-electron chi connectivity index (χ1n) is 5.42. The van der Waals surface area contributed by atoms with E-state index in [1.165, 1.54) is 11.3 Å². The van der Waals surface area contributed by atoms with Gasteiger partial charge < -0.3 is 9.64 Å². The lowest BCUT2D eigenvalue weighted by Crippen LogP contribution is -2.36. The molecule has 1 aliphatic heterocycles. The number of nitrogens with zero attached hydrogens (tertiary/aromatic N) is 1. The van der Waals surface area contributed by atoms with Crippen LogP contribution in [0.1, 0.15) is 12.5 Å². The van der Waals surface area contributed by atoms with E-state index in [1.54, 1.807) is 0 Å². The molecule has 1 aromatic rings. The van der Waals surface area contributed by atoms with Gasteiger partial charge in [-0.3, -0.25) is 0 Å². The fourth-order valence-corrected chi connectivity index (χ4v) is 2.10. The van der Waals surface area contributed by atoms with Gasteiger partial charge in [-0.15, -0.1) is 0 Å². The largest absolute Gasteiger partial charge is 0.378 e. The lowest BCUT2D eigenvalue weighted by Gasteiger charge is -2.30. The van der Waals surface area contributed by atoms with Crippen LogP contribution in [0.15, 0.2) is 18.2 Å². The highest BCUT2D eigenvalue weighted by atomic mass is 35.5. The van der Waals surface area contributed by atoms with Crippen LogP contribution in [0.4, 0.5) is 5.69 Å². The van der Waals surface area contributed by atoms with Crippen LogP contribution >= 0.6 is 11.6 Å². The minimum Gasteiger partial charge on any atom is -0.378 e. The van der Waals surface area contributed by atoms with Crippen LogP contribution in [-0.4, -0.2) is 26.3 Å². The van der Waals surface area contributed by atoms with Crippen LogP contribution in [-0.2, 0) is 11.2 Å². The van der Waals surface area contributed by atoms with E-state index in [1.807, 2.05) is 6.07 Å². The smallest absolute Gasteiger partial charge is 0.0642 e. The summed E-state index contributed by atoms with van der Waals surface area (Å²) in [6.07, 6.45) is 1.05. The number of rotatable bonds is 2. The van der Waals surface area contributed by atoms with Gasteiger partial charge in [-0.1, -0.05) is 24.6 Å². The zero-order valence-corrected chi connectivity index (χ0v) is 9.76. The van der Waals surface area contributed by atoms with Crippen molar-refractivity contribution in [3.05, 3.63) is 28.8 Å². The third-order valence-corrected chi connectivity index (χ3v) is 3.02.